The van der Waals surface area contributed by atoms with Crippen LogP contribution in [-0.4, -0.2) is 4.57 Å². The third-order valence-electron chi connectivity index (χ3n) is 3.93. The SMILES string of the molecule is c1cc2c3c(c1)oc1ccc[n+](c13)Cn1cccc1-2. The molecule has 5 rings (SSSR count). The number of fused-ring (bicyclic) bond motifs is 2. The minimum Gasteiger partial charge on any atom is -0.449 e. The highest BCUT2D eigenvalue weighted by Gasteiger charge is 2.25. The third kappa shape index (κ3) is 1.06. The van der Waals surface area contributed by atoms with Crippen molar-refractivity contribution in [1.82, 2.24) is 4.57 Å². The number of rotatable bonds is 0. The summed E-state index contributed by atoms with van der Waals surface area (Å²) in [5.41, 5.74) is 5.60. The van der Waals surface area contributed by atoms with Crippen molar-refractivity contribution in [2.24, 2.45) is 0 Å². The molecule has 0 aliphatic carbocycles. The fraction of sp³-hybridized carbons (Fsp3) is 0.0625. The van der Waals surface area contributed by atoms with E-state index in [1.54, 1.807) is 0 Å². The summed E-state index contributed by atoms with van der Waals surface area (Å²) in [5, 5.41) is 1.22. The smallest absolute Gasteiger partial charge is 0.261 e. The quantitative estimate of drug-likeness (QED) is 0.385. The summed E-state index contributed by atoms with van der Waals surface area (Å²) in [6, 6.07) is 14.6. The highest BCUT2D eigenvalue weighted by Crippen LogP contribution is 2.36. The van der Waals surface area contributed by atoms with Crippen molar-refractivity contribution in [3.05, 3.63) is 54.9 Å². The van der Waals surface area contributed by atoms with E-state index in [1.165, 1.54) is 22.2 Å². The monoisotopic (exact) mass is 247 g/mol. The van der Waals surface area contributed by atoms with E-state index in [9.17, 15) is 0 Å². The van der Waals surface area contributed by atoms with Gasteiger partial charge in [0, 0.05) is 17.8 Å². The number of aromatic nitrogens is 2. The van der Waals surface area contributed by atoms with Crippen molar-refractivity contribution in [3.63, 3.8) is 0 Å². The van der Waals surface area contributed by atoms with Crippen molar-refractivity contribution in [2.75, 3.05) is 0 Å². The number of benzene rings is 1. The molecule has 0 atom stereocenters. The van der Waals surface area contributed by atoms with Crippen LogP contribution in [0.25, 0.3) is 33.3 Å². The maximum absolute atomic E-state index is 5.97. The largest absolute Gasteiger partial charge is 0.449 e. The van der Waals surface area contributed by atoms with Crippen LogP contribution in [0.15, 0.2) is 59.3 Å². The molecule has 1 aliphatic rings. The Labute approximate surface area is 109 Å². The summed E-state index contributed by atoms with van der Waals surface area (Å²) in [6.45, 7) is 0.822. The zero-order valence-corrected chi connectivity index (χ0v) is 10.2. The minimum absolute atomic E-state index is 0.822. The Morgan fingerprint density at radius 1 is 1.00 bits per heavy atom. The highest BCUT2D eigenvalue weighted by atomic mass is 16.3. The van der Waals surface area contributed by atoms with Crippen LogP contribution >= 0.6 is 0 Å². The molecule has 0 radical (unpaired) electrons. The predicted molar refractivity (Wildman–Crippen MR) is 72.7 cm³/mol. The lowest BCUT2D eigenvalue weighted by molar-refractivity contribution is -0.675. The second-order valence-electron chi connectivity index (χ2n) is 4.98. The summed E-state index contributed by atoms with van der Waals surface area (Å²) in [5.74, 6) is 0. The van der Waals surface area contributed by atoms with E-state index >= 15 is 0 Å². The predicted octanol–water partition coefficient (Wildman–Crippen LogP) is 3.16. The van der Waals surface area contributed by atoms with E-state index in [2.05, 4.69) is 45.8 Å². The second kappa shape index (κ2) is 3.06. The van der Waals surface area contributed by atoms with Gasteiger partial charge >= 0.3 is 0 Å². The number of furan rings is 1. The summed E-state index contributed by atoms with van der Waals surface area (Å²) in [6.07, 6.45) is 4.24. The molecule has 19 heavy (non-hydrogen) atoms. The van der Waals surface area contributed by atoms with E-state index in [4.69, 9.17) is 4.42 Å². The first-order valence-electron chi connectivity index (χ1n) is 6.41. The average Bonchev–Trinajstić information content (AvgIpc) is 2.99. The molecule has 0 spiro atoms. The lowest BCUT2D eigenvalue weighted by Gasteiger charge is -2.03. The van der Waals surface area contributed by atoms with Gasteiger partial charge in [-0.2, -0.15) is 4.57 Å². The van der Waals surface area contributed by atoms with Gasteiger partial charge in [0.1, 0.15) is 11.0 Å². The first-order chi connectivity index (χ1) is 9.42. The molecule has 1 aromatic carbocycles. The highest BCUT2D eigenvalue weighted by molar-refractivity contribution is 6.08. The van der Waals surface area contributed by atoms with Crippen LogP contribution in [0.5, 0.6) is 0 Å². The van der Waals surface area contributed by atoms with Crippen molar-refractivity contribution < 1.29 is 8.98 Å². The lowest BCUT2D eigenvalue weighted by Crippen LogP contribution is -2.36. The molecule has 0 N–H and O–H groups in total. The third-order valence-corrected chi connectivity index (χ3v) is 3.93. The van der Waals surface area contributed by atoms with Crippen LogP contribution in [0, 0.1) is 0 Å². The molecule has 0 unspecified atom stereocenters. The average molecular weight is 247 g/mol. The van der Waals surface area contributed by atoms with Crippen LogP contribution in [0.4, 0.5) is 0 Å². The van der Waals surface area contributed by atoms with E-state index in [1.807, 2.05) is 18.2 Å². The van der Waals surface area contributed by atoms with Crippen LogP contribution in [-0.2, 0) is 6.67 Å². The molecule has 3 aromatic heterocycles. The summed E-state index contributed by atoms with van der Waals surface area (Å²) in [7, 11) is 0. The Morgan fingerprint density at radius 2 is 1.95 bits per heavy atom. The van der Waals surface area contributed by atoms with Crippen molar-refractivity contribution in [1.29, 1.82) is 0 Å². The van der Waals surface area contributed by atoms with Gasteiger partial charge in [0.15, 0.2) is 11.8 Å². The van der Waals surface area contributed by atoms with Gasteiger partial charge in [-0.05, 0) is 24.3 Å². The number of pyridine rings is 1. The first-order valence-corrected chi connectivity index (χ1v) is 6.41. The Balaban J connectivity index is 2.14. The van der Waals surface area contributed by atoms with E-state index < -0.39 is 0 Å². The Kier molecular flexibility index (Phi) is 1.51. The van der Waals surface area contributed by atoms with Crippen LogP contribution in [0.3, 0.4) is 0 Å². The fourth-order valence-electron chi connectivity index (χ4n) is 3.13. The van der Waals surface area contributed by atoms with Crippen LogP contribution in [0.2, 0.25) is 0 Å². The zero-order chi connectivity index (χ0) is 12.4. The molecule has 0 amide bonds. The minimum atomic E-state index is 0.822. The first kappa shape index (κ1) is 9.39. The van der Waals surface area contributed by atoms with Gasteiger partial charge in [0.25, 0.3) is 5.52 Å². The summed E-state index contributed by atoms with van der Waals surface area (Å²) in [4.78, 5) is 0. The topological polar surface area (TPSA) is 21.9 Å². The van der Waals surface area contributed by atoms with E-state index in [0.717, 1.165) is 17.8 Å². The molecule has 90 valence electrons. The van der Waals surface area contributed by atoms with Gasteiger partial charge in [0.2, 0.25) is 6.67 Å². The number of hydrogen-bond donors (Lipinski definition) is 0. The molecule has 0 saturated heterocycles. The molecule has 1 aliphatic heterocycles. The molecule has 0 bridgehead atoms. The molecule has 3 heteroatoms. The standard InChI is InChI=1S/C16H11N2O/c1-4-11-12-5-2-8-17(12)10-18-9-3-7-14-16(18)15(11)13(6-1)19-14/h1-9H,10H2/q+1. The van der Waals surface area contributed by atoms with E-state index in [0.29, 0.717) is 0 Å². The van der Waals surface area contributed by atoms with Crippen LogP contribution < -0.4 is 4.57 Å². The molecule has 0 saturated carbocycles. The molecule has 4 heterocycles. The molecular weight excluding hydrogens is 236 g/mol. The summed E-state index contributed by atoms with van der Waals surface area (Å²) < 4.78 is 10.5. The van der Waals surface area contributed by atoms with Crippen molar-refractivity contribution in [2.45, 2.75) is 6.67 Å². The molecule has 0 fully saturated rings. The number of hydrogen-bond acceptors (Lipinski definition) is 1. The Bertz CT molecular complexity index is 946. The van der Waals surface area contributed by atoms with Crippen molar-refractivity contribution >= 4 is 22.1 Å². The van der Waals surface area contributed by atoms with Gasteiger partial charge < -0.3 is 4.42 Å². The second-order valence-corrected chi connectivity index (χ2v) is 4.98. The summed E-state index contributed by atoms with van der Waals surface area (Å²) >= 11 is 0. The molecule has 4 aromatic rings. The van der Waals surface area contributed by atoms with Crippen molar-refractivity contribution in [3.8, 4) is 11.3 Å². The maximum Gasteiger partial charge on any atom is 0.261 e. The van der Waals surface area contributed by atoms with Crippen LogP contribution in [0.1, 0.15) is 0 Å². The van der Waals surface area contributed by atoms with E-state index in [-0.39, 0.29) is 0 Å². The zero-order valence-electron chi connectivity index (χ0n) is 10.2. The Hall–Kier alpha value is -2.55. The lowest BCUT2D eigenvalue weighted by atomic mass is 10.1. The van der Waals surface area contributed by atoms with Gasteiger partial charge in [-0.25, -0.2) is 0 Å². The van der Waals surface area contributed by atoms with Gasteiger partial charge in [0.05, 0.1) is 5.69 Å². The molecular formula is C16H11N2O+. The number of nitrogens with zero attached hydrogens (tertiary/aromatic N) is 2. The fourth-order valence-corrected chi connectivity index (χ4v) is 3.13. The molecule has 3 nitrogen and oxygen atoms in total. The van der Waals surface area contributed by atoms with Gasteiger partial charge in [-0.1, -0.05) is 12.1 Å². The Morgan fingerprint density at radius 3 is 2.95 bits per heavy atom. The van der Waals surface area contributed by atoms with Gasteiger partial charge in [-0.3, -0.25) is 4.57 Å². The van der Waals surface area contributed by atoms with Gasteiger partial charge in [-0.15, -0.1) is 0 Å². The maximum atomic E-state index is 5.97. The normalized spacial score (nSPS) is 13.1.